The molecule has 0 spiro atoms. The van der Waals surface area contributed by atoms with Crippen LogP contribution in [0.15, 0.2) is 12.7 Å². The second-order valence-electron chi connectivity index (χ2n) is 17.8. The van der Waals surface area contributed by atoms with E-state index in [1.54, 1.807) is 11.0 Å². The number of amides is 3. The lowest BCUT2D eigenvalue weighted by Crippen LogP contribution is -2.60. The van der Waals surface area contributed by atoms with Gasteiger partial charge in [0, 0.05) is 44.4 Å². The largest absolute Gasteiger partial charge is 0.334 e. The van der Waals surface area contributed by atoms with Crippen molar-refractivity contribution in [2.75, 3.05) is 25.4 Å². The number of fused-ring (bicyclic) bond motifs is 1. The van der Waals surface area contributed by atoms with Crippen molar-refractivity contribution in [3.63, 3.8) is 0 Å². The third-order valence-electron chi connectivity index (χ3n) is 12.9. The van der Waals surface area contributed by atoms with Crippen LogP contribution in [0.5, 0.6) is 0 Å². The number of sulfonamides is 1. The van der Waals surface area contributed by atoms with Gasteiger partial charge in [0.15, 0.2) is 11.6 Å². The molecule has 1 unspecified atom stereocenters. The summed E-state index contributed by atoms with van der Waals surface area (Å²) in [5, 5.41) is 6.05. The predicted molar refractivity (Wildman–Crippen MR) is 196 cm³/mol. The Morgan fingerprint density at radius 1 is 0.961 bits per heavy atom. The zero-order valence-corrected chi connectivity index (χ0v) is 32.4. The van der Waals surface area contributed by atoms with Gasteiger partial charge < -0.3 is 15.5 Å². The van der Waals surface area contributed by atoms with Gasteiger partial charge in [-0.25, -0.2) is 13.2 Å². The Labute approximate surface area is 305 Å². The van der Waals surface area contributed by atoms with Gasteiger partial charge >= 0.3 is 6.03 Å². The molecule has 2 heterocycles. The van der Waals surface area contributed by atoms with E-state index >= 15 is 0 Å². The summed E-state index contributed by atoms with van der Waals surface area (Å²) in [7, 11) is -3.37. The summed E-state index contributed by atoms with van der Waals surface area (Å²) in [5.41, 5.74) is -0.592. The fraction of sp³-hybridized carbons (Fsp3) is 0.821. The maximum absolute atomic E-state index is 14.7. The van der Waals surface area contributed by atoms with Gasteiger partial charge in [0.25, 0.3) is 0 Å². The lowest BCUT2D eigenvalue weighted by molar-refractivity contribution is -0.144. The molecule has 2 saturated heterocycles. The van der Waals surface area contributed by atoms with E-state index in [1.165, 1.54) is 4.31 Å². The Morgan fingerprint density at radius 2 is 1.65 bits per heavy atom. The monoisotopic (exact) mass is 730 g/mol. The van der Waals surface area contributed by atoms with Crippen molar-refractivity contribution in [2.45, 2.75) is 136 Å². The molecule has 0 bridgehead atoms. The van der Waals surface area contributed by atoms with E-state index in [-0.39, 0.29) is 60.0 Å². The molecule has 5 aliphatic rings. The molecule has 12 heteroatoms. The zero-order chi connectivity index (χ0) is 37.3. The van der Waals surface area contributed by atoms with Crippen LogP contribution in [-0.4, -0.2) is 90.4 Å². The van der Waals surface area contributed by atoms with Crippen LogP contribution in [0, 0.1) is 40.4 Å². The molecule has 3 amide bonds. The van der Waals surface area contributed by atoms with Crippen molar-refractivity contribution < 1.29 is 32.4 Å². The summed E-state index contributed by atoms with van der Waals surface area (Å²) in [5.74, 6) is -1.64. The van der Waals surface area contributed by atoms with E-state index in [1.807, 2.05) is 20.8 Å². The maximum atomic E-state index is 14.7. The fourth-order valence-electron chi connectivity index (χ4n) is 9.25. The number of nitrogens with one attached hydrogen (secondary N) is 2. The highest BCUT2D eigenvalue weighted by Crippen LogP contribution is 2.65. The molecule has 5 rings (SSSR count). The van der Waals surface area contributed by atoms with Gasteiger partial charge in [0.05, 0.1) is 11.8 Å². The van der Waals surface area contributed by atoms with E-state index < -0.39 is 57.1 Å². The van der Waals surface area contributed by atoms with E-state index in [0.29, 0.717) is 38.3 Å². The Morgan fingerprint density at radius 3 is 2.22 bits per heavy atom. The van der Waals surface area contributed by atoms with Crippen molar-refractivity contribution in [1.29, 1.82) is 0 Å². The molecule has 3 aliphatic carbocycles. The number of rotatable bonds is 16. The Bertz CT molecular complexity index is 1460. The van der Waals surface area contributed by atoms with E-state index in [4.69, 9.17) is 0 Å². The standard InChI is InChI=1S/C39H62N4O7S/c1-7-8-18-29(44)35(46)27(21-25-14-12-15-25)22-30(45)34-32-28(39(32,5)6)23-43(34)36(47)33(26-16-10-9-11-17-26)41-37(48)40-31(38(2,3)4)24-42-19-13-20-51(42,49)50/h7,25-28,31-34H,1,8-24H2,2-6H3,(H2,40,41,48)/t27?,28-,31+,32-,33-,34+/m0/s1. The van der Waals surface area contributed by atoms with Gasteiger partial charge in [-0.15, -0.1) is 6.58 Å². The number of hydrogen-bond donors (Lipinski definition) is 2. The molecule has 2 aliphatic heterocycles. The summed E-state index contributed by atoms with van der Waals surface area (Å²) >= 11 is 0. The first-order chi connectivity index (χ1) is 24.0. The van der Waals surface area contributed by atoms with Crippen LogP contribution in [0.25, 0.3) is 0 Å². The average Bonchev–Trinajstić information content (AvgIpc) is 3.34. The minimum absolute atomic E-state index is 0.0432. The predicted octanol–water partition coefficient (Wildman–Crippen LogP) is 5.04. The summed E-state index contributed by atoms with van der Waals surface area (Å²) in [4.78, 5) is 70.9. The summed E-state index contributed by atoms with van der Waals surface area (Å²) < 4.78 is 26.7. The highest BCUT2D eigenvalue weighted by molar-refractivity contribution is 7.89. The number of carbonyl (C=O) groups excluding carboxylic acids is 5. The fourth-order valence-corrected chi connectivity index (χ4v) is 10.8. The molecule has 286 valence electrons. The average molecular weight is 731 g/mol. The lowest BCUT2D eigenvalue weighted by Gasteiger charge is -2.38. The van der Waals surface area contributed by atoms with Gasteiger partial charge in [-0.1, -0.05) is 79.2 Å². The molecule has 0 aromatic rings. The molecule has 0 aromatic heterocycles. The quantitative estimate of drug-likeness (QED) is 0.167. The van der Waals surface area contributed by atoms with Crippen LogP contribution in [0.1, 0.15) is 118 Å². The number of hydrogen-bond acceptors (Lipinski definition) is 7. The SMILES string of the molecule is C=CCCC(=O)C(=O)C(CC(=O)[C@@H]1[C@@H]2[C@H](CN1C(=O)[C@@H](NC(=O)N[C@H](CN1CCCS1(=O)=O)C(C)(C)C)C1CCCCC1)C2(C)C)CC1CCC1. The van der Waals surface area contributed by atoms with Crippen molar-refractivity contribution >= 4 is 39.3 Å². The number of ketones is 3. The molecule has 51 heavy (non-hydrogen) atoms. The van der Waals surface area contributed by atoms with Crippen LogP contribution in [-0.2, 0) is 29.2 Å². The molecule has 11 nitrogen and oxygen atoms in total. The number of nitrogens with zero attached hydrogens (tertiary/aromatic N) is 2. The minimum Gasteiger partial charge on any atom is -0.334 e. The summed E-state index contributed by atoms with van der Waals surface area (Å²) in [6, 6.07) is -2.57. The van der Waals surface area contributed by atoms with Crippen LogP contribution < -0.4 is 10.6 Å². The highest BCUT2D eigenvalue weighted by atomic mass is 32.2. The van der Waals surface area contributed by atoms with Crippen LogP contribution >= 0.6 is 0 Å². The summed E-state index contributed by atoms with van der Waals surface area (Å²) in [6.45, 7) is 14.8. The first-order valence-corrected chi connectivity index (χ1v) is 21.1. The number of piperidine rings is 1. The second kappa shape index (κ2) is 15.8. The first kappa shape index (κ1) is 39.6. The molecule has 6 atom stereocenters. The number of Topliss-reactive ketones (excluding diaryl/α,β-unsaturated/α-hetero) is 3. The van der Waals surface area contributed by atoms with Crippen LogP contribution in [0.3, 0.4) is 0 Å². The van der Waals surface area contributed by atoms with Gasteiger partial charge in [0.2, 0.25) is 21.7 Å². The zero-order valence-electron chi connectivity index (χ0n) is 31.6. The van der Waals surface area contributed by atoms with Crippen LogP contribution in [0.2, 0.25) is 0 Å². The molecule has 5 fully saturated rings. The van der Waals surface area contributed by atoms with E-state index in [9.17, 15) is 32.4 Å². The number of carbonyl (C=O) groups is 5. The molecule has 2 N–H and O–H groups in total. The number of likely N-dealkylation sites (tertiary alicyclic amines) is 1. The molecule has 0 aromatic carbocycles. The Balaban J connectivity index is 1.35. The smallest absolute Gasteiger partial charge is 0.315 e. The lowest BCUT2D eigenvalue weighted by atomic mass is 9.75. The summed E-state index contributed by atoms with van der Waals surface area (Å²) in [6.07, 6.45) is 10.7. The Hall–Kier alpha value is -2.60. The highest BCUT2D eigenvalue weighted by Gasteiger charge is 2.69. The van der Waals surface area contributed by atoms with Crippen LogP contribution in [0.4, 0.5) is 4.79 Å². The molecular weight excluding hydrogens is 669 g/mol. The van der Waals surface area contributed by atoms with Gasteiger partial charge in [-0.3, -0.25) is 19.2 Å². The maximum Gasteiger partial charge on any atom is 0.315 e. The van der Waals surface area contributed by atoms with Gasteiger partial charge in [-0.05, 0) is 66.6 Å². The van der Waals surface area contributed by atoms with Crippen molar-refractivity contribution in [2.24, 2.45) is 40.4 Å². The molecular formula is C39H62N4O7S. The van der Waals surface area contributed by atoms with E-state index in [2.05, 4.69) is 31.1 Å². The van der Waals surface area contributed by atoms with Gasteiger partial charge in [0.1, 0.15) is 6.04 Å². The van der Waals surface area contributed by atoms with Gasteiger partial charge in [-0.2, -0.15) is 4.31 Å². The third-order valence-corrected chi connectivity index (χ3v) is 14.9. The number of urea groups is 1. The topological polar surface area (TPSA) is 150 Å². The second-order valence-corrected chi connectivity index (χ2v) is 19.9. The third kappa shape index (κ3) is 8.96. The minimum atomic E-state index is -3.37. The first-order valence-electron chi connectivity index (χ1n) is 19.5. The van der Waals surface area contributed by atoms with E-state index in [0.717, 1.165) is 51.4 Å². The Kier molecular flexibility index (Phi) is 12.3. The van der Waals surface area contributed by atoms with Crippen molar-refractivity contribution in [3.8, 4) is 0 Å². The molecule has 0 radical (unpaired) electrons. The number of allylic oxidation sites excluding steroid dienone is 1. The molecule has 3 saturated carbocycles. The normalized spacial score (nSPS) is 27.8. The van der Waals surface area contributed by atoms with Crippen molar-refractivity contribution in [3.05, 3.63) is 12.7 Å². The van der Waals surface area contributed by atoms with Crippen molar-refractivity contribution in [1.82, 2.24) is 19.8 Å².